The van der Waals surface area contributed by atoms with E-state index in [9.17, 15) is 14.4 Å². The van der Waals surface area contributed by atoms with Gasteiger partial charge in [0.2, 0.25) is 11.5 Å². The van der Waals surface area contributed by atoms with E-state index in [-0.39, 0.29) is 18.0 Å². The number of carbonyl (C=O) groups excluding carboxylic acids is 2. The number of thiazole rings is 2. The van der Waals surface area contributed by atoms with Crippen LogP contribution in [0, 0.1) is 5.41 Å². The van der Waals surface area contributed by atoms with Gasteiger partial charge in [-0.3, -0.25) is 14.4 Å². The Bertz CT molecular complexity index is 1470. The highest BCUT2D eigenvalue weighted by Crippen LogP contribution is 2.27. The number of carboxylic acid groups (broad SMARTS) is 1. The van der Waals surface area contributed by atoms with E-state index in [1.165, 1.54) is 22.7 Å². The minimum Gasteiger partial charge on any atom is -0.481 e. The van der Waals surface area contributed by atoms with Gasteiger partial charge in [0.15, 0.2) is 5.13 Å². The molecule has 2 amide bonds. The molecule has 0 aliphatic carbocycles. The molecule has 0 unspecified atom stereocenters. The van der Waals surface area contributed by atoms with Crippen LogP contribution in [0.25, 0.3) is 11.3 Å². The first-order chi connectivity index (χ1) is 23.8. The number of hydrogen-bond acceptors (Lipinski definition) is 10. The third kappa shape index (κ3) is 18.4. The molecule has 0 fully saturated rings. The van der Waals surface area contributed by atoms with E-state index >= 15 is 0 Å². The molecule has 0 spiro atoms. The summed E-state index contributed by atoms with van der Waals surface area (Å²) in [7, 11) is 0. The fourth-order valence-electron chi connectivity index (χ4n) is 3.40. The van der Waals surface area contributed by atoms with Crippen LogP contribution in [0.15, 0.2) is 76.7 Å². The number of aromatic nitrogens is 2. The molecule has 4 rings (SSSR count). The van der Waals surface area contributed by atoms with Crippen molar-refractivity contribution in [1.82, 2.24) is 15.3 Å². The number of anilines is 2. The Morgan fingerprint density at radius 1 is 0.939 bits per heavy atom. The van der Waals surface area contributed by atoms with Crippen molar-refractivity contribution in [3.63, 3.8) is 0 Å². The lowest BCUT2D eigenvalue weighted by molar-refractivity contribution is -0.137. The Labute approximate surface area is 299 Å². The van der Waals surface area contributed by atoms with Crippen molar-refractivity contribution in [2.45, 2.75) is 81.6 Å². The molecule has 13 heteroatoms. The van der Waals surface area contributed by atoms with E-state index < -0.39 is 5.97 Å². The fourth-order valence-corrected chi connectivity index (χ4v) is 4.53. The van der Waals surface area contributed by atoms with Gasteiger partial charge in [-0.15, -0.1) is 22.7 Å². The maximum Gasteiger partial charge on any atom is 0.303 e. The van der Waals surface area contributed by atoms with Gasteiger partial charge in [0, 0.05) is 46.6 Å². The molecule has 0 radical (unpaired) electrons. The zero-order valence-corrected chi connectivity index (χ0v) is 31.8. The SMILES string of the molecule is CC.CC.CC.CC.CC(=N)/C(=N\N(C=O)c1nc(-c2ccc(C(=O)NCCCCC(=O)O)cc2)cs1)c1ccccc1.Nc1nccs1. The van der Waals surface area contributed by atoms with Crippen molar-refractivity contribution in [3.8, 4) is 11.3 Å². The van der Waals surface area contributed by atoms with Crippen LogP contribution in [0.1, 0.15) is 97.5 Å². The number of nitrogens with zero attached hydrogens (tertiary/aromatic N) is 4. The van der Waals surface area contributed by atoms with Crippen molar-refractivity contribution in [2.24, 2.45) is 5.10 Å². The number of benzene rings is 2. The van der Waals surface area contributed by atoms with Gasteiger partial charge < -0.3 is 21.6 Å². The number of nitrogens with one attached hydrogen (secondary N) is 2. The number of carbonyl (C=O) groups is 3. The number of nitrogen functional groups attached to an aromatic ring is 1. The van der Waals surface area contributed by atoms with E-state index in [1.54, 1.807) is 42.8 Å². The molecule has 11 nitrogen and oxygen atoms in total. The molecule has 0 aliphatic rings. The smallest absolute Gasteiger partial charge is 0.303 e. The summed E-state index contributed by atoms with van der Waals surface area (Å²) >= 11 is 2.68. The zero-order valence-electron chi connectivity index (χ0n) is 30.2. The van der Waals surface area contributed by atoms with Gasteiger partial charge in [-0.05, 0) is 31.9 Å². The first kappa shape index (κ1) is 46.4. The molecular formula is C36H53N7O4S2. The van der Waals surface area contributed by atoms with Gasteiger partial charge in [-0.1, -0.05) is 97.9 Å². The normalized spacial score (nSPS) is 9.45. The van der Waals surface area contributed by atoms with Crippen molar-refractivity contribution in [3.05, 3.63) is 82.7 Å². The lowest BCUT2D eigenvalue weighted by Gasteiger charge is -2.11. The Morgan fingerprint density at radius 2 is 1.55 bits per heavy atom. The van der Waals surface area contributed by atoms with E-state index in [0.717, 1.165) is 16.1 Å². The van der Waals surface area contributed by atoms with Crippen LogP contribution in [0.4, 0.5) is 10.3 Å². The van der Waals surface area contributed by atoms with E-state index in [2.05, 4.69) is 20.4 Å². The van der Waals surface area contributed by atoms with Crippen molar-refractivity contribution < 1.29 is 19.5 Å². The van der Waals surface area contributed by atoms with E-state index in [1.807, 2.05) is 91.1 Å². The van der Waals surface area contributed by atoms with Gasteiger partial charge in [-0.25, -0.2) is 9.97 Å². The van der Waals surface area contributed by atoms with Crippen LogP contribution in [-0.4, -0.2) is 51.3 Å². The molecule has 2 heterocycles. The maximum absolute atomic E-state index is 12.3. The third-order valence-electron chi connectivity index (χ3n) is 5.40. The standard InChI is InChI=1S/C25H25N5O4S.C3H4N2S.4C2H6/c1-17(26)23(19-7-3-2-4-8-19)29-30(16-31)25-28-21(15-35-25)18-10-12-20(13-11-18)24(34)27-14-6-5-9-22(32)33;4-3-5-1-2-6-3;4*1-2/h2-4,7-8,10-13,15-16,26H,5-6,9,14H2,1H3,(H,27,34)(H,32,33);1-2H,(H2,4,5);4*1-2H3/b26-17?,29-23+;;;;;. The lowest BCUT2D eigenvalue weighted by atomic mass is 10.1. The average Bonchev–Trinajstić information content (AvgIpc) is 3.85. The zero-order chi connectivity index (χ0) is 37.6. The molecule has 49 heavy (non-hydrogen) atoms. The number of rotatable bonds is 12. The summed E-state index contributed by atoms with van der Waals surface area (Å²) in [5.74, 6) is -1.08. The molecule has 2 aromatic heterocycles. The van der Waals surface area contributed by atoms with Crippen LogP contribution in [-0.2, 0) is 9.59 Å². The molecule has 0 aliphatic heterocycles. The highest BCUT2D eigenvalue weighted by atomic mass is 32.1. The van der Waals surface area contributed by atoms with E-state index in [0.29, 0.717) is 53.0 Å². The highest BCUT2D eigenvalue weighted by molar-refractivity contribution is 7.14. The Hall–Kier alpha value is -4.75. The number of amides is 2. The summed E-state index contributed by atoms with van der Waals surface area (Å²) < 4.78 is 0. The summed E-state index contributed by atoms with van der Waals surface area (Å²) in [6.07, 6.45) is 3.42. The fraction of sp³-hybridized carbons (Fsp3) is 0.361. The number of carboxylic acids is 1. The van der Waals surface area contributed by atoms with Gasteiger partial charge in [0.05, 0.1) is 11.4 Å². The number of unbranched alkanes of at least 4 members (excludes halogenated alkanes) is 1. The molecule has 0 bridgehead atoms. The monoisotopic (exact) mass is 711 g/mol. The minimum absolute atomic E-state index is 0.0849. The lowest BCUT2D eigenvalue weighted by Crippen LogP contribution is -2.24. The van der Waals surface area contributed by atoms with Crippen LogP contribution in [0.3, 0.4) is 0 Å². The highest BCUT2D eigenvalue weighted by Gasteiger charge is 2.15. The summed E-state index contributed by atoms with van der Waals surface area (Å²) in [6.45, 7) is 18.0. The number of hydrazone groups is 1. The second kappa shape index (κ2) is 29.4. The molecule has 268 valence electrons. The molecule has 2 aromatic carbocycles. The summed E-state index contributed by atoms with van der Waals surface area (Å²) in [5, 5.41) is 29.6. The second-order valence-corrected chi connectivity index (χ2v) is 10.2. The van der Waals surface area contributed by atoms with Crippen LogP contribution in [0.5, 0.6) is 0 Å². The van der Waals surface area contributed by atoms with Crippen LogP contribution < -0.4 is 16.1 Å². The average molecular weight is 712 g/mol. The van der Waals surface area contributed by atoms with Gasteiger partial charge >= 0.3 is 5.97 Å². The van der Waals surface area contributed by atoms with Gasteiger partial charge in [-0.2, -0.15) is 10.1 Å². The van der Waals surface area contributed by atoms with Crippen molar-refractivity contribution in [1.29, 1.82) is 5.41 Å². The third-order valence-corrected chi connectivity index (χ3v) is 6.83. The first-order valence-electron chi connectivity index (χ1n) is 16.4. The van der Waals surface area contributed by atoms with Crippen molar-refractivity contribution >= 4 is 62.6 Å². The van der Waals surface area contributed by atoms with Crippen LogP contribution >= 0.6 is 22.7 Å². The number of nitrogens with two attached hydrogens (primary N) is 1. The Morgan fingerprint density at radius 3 is 2.02 bits per heavy atom. The number of hydrogen-bond donors (Lipinski definition) is 4. The van der Waals surface area contributed by atoms with Gasteiger partial charge in [0.1, 0.15) is 5.71 Å². The predicted octanol–water partition coefficient (Wildman–Crippen LogP) is 9.03. The molecule has 0 saturated heterocycles. The molecule has 0 atom stereocenters. The Balaban J connectivity index is 0. The largest absolute Gasteiger partial charge is 0.481 e. The molecule has 0 saturated carbocycles. The number of aliphatic carboxylic acids is 1. The summed E-state index contributed by atoms with van der Waals surface area (Å²) in [5.41, 5.74) is 8.37. The quantitative estimate of drug-likeness (QED) is 0.0491. The van der Waals surface area contributed by atoms with Crippen molar-refractivity contribution in [2.75, 3.05) is 17.3 Å². The molecule has 4 aromatic rings. The summed E-state index contributed by atoms with van der Waals surface area (Å²) in [6, 6.07) is 16.1. The van der Waals surface area contributed by atoms with Crippen LogP contribution in [0.2, 0.25) is 0 Å². The second-order valence-electron chi connectivity index (χ2n) is 8.46. The Kier molecular flexibility index (Phi) is 27.8. The molecular weight excluding hydrogens is 659 g/mol. The first-order valence-corrected chi connectivity index (χ1v) is 18.2. The summed E-state index contributed by atoms with van der Waals surface area (Å²) in [4.78, 5) is 42.8. The topological polar surface area (TPSA) is 175 Å². The van der Waals surface area contributed by atoms with E-state index in [4.69, 9.17) is 16.2 Å². The minimum atomic E-state index is -0.846. The van der Waals surface area contributed by atoms with Gasteiger partial charge in [0.25, 0.3) is 5.91 Å². The maximum atomic E-state index is 12.3. The predicted molar refractivity (Wildman–Crippen MR) is 208 cm³/mol. The molecule has 5 N–H and O–H groups in total.